The number of rotatable bonds is 10. The Kier molecular flexibility index (Phi) is 8.71. The zero-order valence-corrected chi connectivity index (χ0v) is 22.8. The molecule has 1 aliphatic carbocycles. The molecule has 1 amide bonds. The molecule has 1 saturated carbocycles. The molecule has 0 saturated heterocycles. The number of nitrogens with zero attached hydrogens (tertiary/aromatic N) is 3. The minimum atomic E-state index is -0.673. The molecule has 0 radical (unpaired) electrons. The van der Waals surface area contributed by atoms with Crippen LogP contribution in [0.4, 0.5) is 0 Å². The van der Waals surface area contributed by atoms with E-state index in [1.165, 1.54) is 47.5 Å². The van der Waals surface area contributed by atoms with Crippen LogP contribution in [0, 0.1) is 5.92 Å². The number of benzene rings is 1. The quantitative estimate of drug-likeness (QED) is 0.309. The number of hydrogen-bond acceptors (Lipinski definition) is 7. The van der Waals surface area contributed by atoms with Gasteiger partial charge in [-0.05, 0) is 64.3 Å². The lowest BCUT2D eigenvalue weighted by Crippen LogP contribution is -2.36. The molecule has 0 aliphatic heterocycles. The van der Waals surface area contributed by atoms with Gasteiger partial charge >= 0.3 is 5.97 Å². The zero-order chi connectivity index (χ0) is 27.3. The molecule has 3 aromatic rings. The summed E-state index contributed by atoms with van der Waals surface area (Å²) < 4.78 is 13.8. The highest BCUT2D eigenvalue weighted by Crippen LogP contribution is 2.27. The van der Waals surface area contributed by atoms with Crippen LogP contribution in [-0.2, 0) is 27.4 Å². The van der Waals surface area contributed by atoms with Crippen molar-refractivity contribution in [3.8, 4) is 5.75 Å². The Morgan fingerprint density at radius 3 is 2.55 bits per heavy atom. The van der Waals surface area contributed by atoms with Gasteiger partial charge in [0.25, 0.3) is 5.56 Å². The van der Waals surface area contributed by atoms with Crippen LogP contribution in [0.5, 0.6) is 5.75 Å². The topological polar surface area (TPSA) is 116 Å². The van der Waals surface area contributed by atoms with Gasteiger partial charge in [-0.3, -0.25) is 23.6 Å². The molecule has 0 unspecified atom stereocenters. The Morgan fingerprint density at radius 1 is 1.08 bits per heavy atom. The molecule has 0 bridgehead atoms. The molecule has 10 heteroatoms. The Bertz CT molecular complexity index is 1350. The standard InChI is InChI=1S/C28H39N5O5/c1-28(2,3)38-25(35)18-32-23-11-10-20(37-4)14-21(23)26-22(27(32)36)16-31-33(26)17-24(34)30-13-12-29-15-19-8-6-5-7-9-19/h10-11,14,16,19,29H,5-9,12-13,15,17-18H2,1-4H3,(H,30,34). The number of methoxy groups -OCH3 is 1. The summed E-state index contributed by atoms with van der Waals surface area (Å²) in [6, 6.07) is 5.25. The fourth-order valence-electron chi connectivity index (χ4n) is 5.11. The van der Waals surface area contributed by atoms with E-state index in [9.17, 15) is 14.4 Å². The molecule has 4 rings (SSSR count). The number of amides is 1. The lowest BCUT2D eigenvalue weighted by molar-refractivity contribution is -0.155. The predicted molar refractivity (Wildman–Crippen MR) is 146 cm³/mol. The summed E-state index contributed by atoms with van der Waals surface area (Å²) in [5.74, 6) is 0.616. The van der Waals surface area contributed by atoms with E-state index in [1.807, 2.05) is 0 Å². The summed E-state index contributed by atoms with van der Waals surface area (Å²) in [5.41, 5.74) is 0.00762. The number of carbonyl (C=O) groups excluding carboxylic acids is 2. The van der Waals surface area contributed by atoms with Crippen LogP contribution >= 0.6 is 0 Å². The second-order valence-electron chi connectivity index (χ2n) is 11.0. The van der Waals surface area contributed by atoms with E-state index in [4.69, 9.17) is 9.47 Å². The van der Waals surface area contributed by atoms with Crippen molar-refractivity contribution in [1.82, 2.24) is 25.0 Å². The van der Waals surface area contributed by atoms with Gasteiger partial charge in [0.15, 0.2) is 0 Å². The number of hydrogen-bond donors (Lipinski definition) is 2. The van der Waals surface area contributed by atoms with Crippen molar-refractivity contribution < 1.29 is 19.1 Å². The third-order valence-corrected chi connectivity index (χ3v) is 6.85. The van der Waals surface area contributed by atoms with Crippen molar-refractivity contribution in [3.63, 3.8) is 0 Å². The minimum Gasteiger partial charge on any atom is -0.497 e. The molecule has 1 fully saturated rings. The lowest BCUT2D eigenvalue weighted by Gasteiger charge is -2.21. The number of fused-ring (bicyclic) bond motifs is 3. The third kappa shape index (κ3) is 6.72. The molecular formula is C28H39N5O5. The maximum absolute atomic E-state index is 13.4. The molecule has 1 aliphatic rings. The maximum atomic E-state index is 13.4. The normalized spacial score (nSPS) is 14.6. The lowest BCUT2D eigenvalue weighted by atomic mass is 9.89. The van der Waals surface area contributed by atoms with E-state index < -0.39 is 11.6 Å². The van der Waals surface area contributed by atoms with Crippen molar-refractivity contribution in [2.24, 2.45) is 5.92 Å². The summed E-state index contributed by atoms with van der Waals surface area (Å²) in [4.78, 5) is 38.8. The van der Waals surface area contributed by atoms with E-state index in [-0.39, 0.29) is 24.6 Å². The van der Waals surface area contributed by atoms with Gasteiger partial charge in [-0.25, -0.2) is 0 Å². The fourth-order valence-corrected chi connectivity index (χ4v) is 5.11. The van der Waals surface area contributed by atoms with Crippen molar-refractivity contribution in [1.29, 1.82) is 0 Å². The van der Waals surface area contributed by atoms with E-state index in [2.05, 4.69) is 15.7 Å². The molecule has 0 atom stereocenters. The molecule has 2 N–H and O–H groups in total. The van der Waals surface area contributed by atoms with Gasteiger partial charge < -0.3 is 20.1 Å². The third-order valence-electron chi connectivity index (χ3n) is 6.85. The van der Waals surface area contributed by atoms with Gasteiger partial charge in [-0.1, -0.05) is 19.3 Å². The summed E-state index contributed by atoms with van der Waals surface area (Å²) in [5, 5.41) is 11.7. The van der Waals surface area contributed by atoms with Crippen molar-refractivity contribution >= 4 is 33.7 Å². The first-order valence-electron chi connectivity index (χ1n) is 13.4. The summed E-state index contributed by atoms with van der Waals surface area (Å²) in [6.07, 6.45) is 7.98. The van der Waals surface area contributed by atoms with Crippen LogP contribution in [0.1, 0.15) is 52.9 Å². The van der Waals surface area contributed by atoms with E-state index >= 15 is 0 Å². The zero-order valence-electron chi connectivity index (χ0n) is 22.8. The van der Waals surface area contributed by atoms with E-state index in [0.29, 0.717) is 40.6 Å². The first-order chi connectivity index (χ1) is 18.2. The average molecular weight is 526 g/mol. The SMILES string of the molecule is COc1ccc2c(c1)c1c(cnn1CC(=O)NCCNCC1CCCCC1)c(=O)n2CC(=O)OC(C)(C)C. The van der Waals surface area contributed by atoms with Crippen LogP contribution in [0.3, 0.4) is 0 Å². The monoisotopic (exact) mass is 525 g/mol. The number of esters is 1. The maximum Gasteiger partial charge on any atom is 0.326 e. The predicted octanol–water partition coefficient (Wildman–Crippen LogP) is 2.99. The molecule has 2 heterocycles. The largest absolute Gasteiger partial charge is 0.497 e. The Morgan fingerprint density at radius 2 is 1.84 bits per heavy atom. The molecule has 0 spiro atoms. The van der Waals surface area contributed by atoms with Gasteiger partial charge in [-0.15, -0.1) is 0 Å². The molecular weight excluding hydrogens is 486 g/mol. The van der Waals surface area contributed by atoms with Gasteiger partial charge in [0, 0.05) is 18.5 Å². The fraction of sp³-hybridized carbons (Fsp3) is 0.571. The molecule has 2 aromatic heterocycles. The van der Waals surface area contributed by atoms with Gasteiger partial charge in [0.1, 0.15) is 24.4 Å². The van der Waals surface area contributed by atoms with Gasteiger partial charge in [-0.2, -0.15) is 5.10 Å². The van der Waals surface area contributed by atoms with Crippen LogP contribution in [0.15, 0.2) is 29.2 Å². The van der Waals surface area contributed by atoms with Gasteiger partial charge in [0.2, 0.25) is 5.91 Å². The van der Waals surface area contributed by atoms with Crippen LogP contribution < -0.4 is 20.9 Å². The number of nitrogens with one attached hydrogen (secondary N) is 2. The highest BCUT2D eigenvalue weighted by atomic mass is 16.6. The number of carbonyl (C=O) groups is 2. The highest BCUT2D eigenvalue weighted by Gasteiger charge is 2.22. The minimum absolute atomic E-state index is 0.0338. The second-order valence-corrected chi connectivity index (χ2v) is 11.0. The van der Waals surface area contributed by atoms with E-state index in [0.717, 1.165) is 12.5 Å². The van der Waals surface area contributed by atoms with Crippen molar-refractivity contribution in [3.05, 3.63) is 34.7 Å². The first-order valence-corrected chi connectivity index (χ1v) is 13.4. The van der Waals surface area contributed by atoms with Crippen LogP contribution in [-0.4, -0.2) is 58.6 Å². The molecule has 206 valence electrons. The molecule has 1 aromatic carbocycles. The number of pyridine rings is 1. The Labute approximate surface area is 222 Å². The number of ether oxygens (including phenoxy) is 2. The summed E-state index contributed by atoms with van der Waals surface area (Å²) in [7, 11) is 1.56. The first kappa shape index (κ1) is 27.6. The molecule has 38 heavy (non-hydrogen) atoms. The van der Waals surface area contributed by atoms with Crippen molar-refractivity contribution in [2.45, 2.75) is 71.6 Å². The summed E-state index contributed by atoms with van der Waals surface area (Å²) >= 11 is 0. The van der Waals surface area contributed by atoms with Crippen molar-refractivity contribution in [2.75, 3.05) is 26.7 Å². The Balaban J connectivity index is 1.52. The summed E-state index contributed by atoms with van der Waals surface area (Å²) in [6.45, 7) is 7.27. The Hall–Kier alpha value is -3.40. The van der Waals surface area contributed by atoms with Crippen LogP contribution in [0.25, 0.3) is 21.8 Å². The number of aromatic nitrogens is 3. The highest BCUT2D eigenvalue weighted by molar-refractivity contribution is 6.04. The van der Waals surface area contributed by atoms with E-state index in [1.54, 1.807) is 46.1 Å². The van der Waals surface area contributed by atoms with Crippen LogP contribution in [0.2, 0.25) is 0 Å². The second kappa shape index (κ2) is 12.0. The average Bonchev–Trinajstić information content (AvgIpc) is 3.29. The smallest absolute Gasteiger partial charge is 0.326 e. The molecule has 10 nitrogen and oxygen atoms in total. The van der Waals surface area contributed by atoms with Gasteiger partial charge in [0.05, 0.1) is 29.7 Å².